The van der Waals surface area contributed by atoms with Gasteiger partial charge in [0.2, 0.25) is 0 Å². The molecular weight excluding hydrogens is 332 g/mol. The van der Waals surface area contributed by atoms with Crippen molar-refractivity contribution >= 4 is 20.3 Å². The lowest BCUT2D eigenvalue weighted by atomic mass is 10.00. The lowest BCUT2D eigenvalue weighted by Gasteiger charge is -2.42. The van der Waals surface area contributed by atoms with Crippen LogP contribution in [-0.4, -0.2) is 63.0 Å². The maximum absolute atomic E-state index is 11.4. The van der Waals surface area contributed by atoms with Gasteiger partial charge in [0.25, 0.3) is 0 Å². The van der Waals surface area contributed by atoms with Crippen molar-refractivity contribution in [1.29, 1.82) is 0 Å². The fourth-order valence-corrected chi connectivity index (χ4v) is 3.18. The second-order valence-electron chi connectivity index (χ2n) is 7.66. The minimum absolute atomic E-state index is 0.0127. The molecule has 8 heteroatoms. The summed E-state index contributed by atoms with van der Waals surface area (Å²) >= 11 is 0. The Bertz CT molecular complexity index is 458. The van der Waals surface area contributed by atoms with E-state index < -0.39 is 44.7 Å². The first kappa shape index (κ1) is 21.1. The Hall–Kier alpha value is -0.963. The van der Waals surface area contributed by atoms with Crippen LogP contribution in [0.5, 0.6) is 0 Å². The Morgan fingerprint density at radius 3 is 2.08 bits per heavy atom. The molecule has 1 heterocycles. The number of hydrogen-bond acceptors (Lipinski definition) is 7. The highest BCUT2D eigenvalue weighted by molar-refractivity contribution is 6.74. The smallest absolute Gasteiger partial charge is 0.303 e. The number of carbonyl (C=O) groups is 2. The standard InChI is InChI=1S/C16H30O7Si/c1-10(17)22-14-12(19)8-20-13(15(14)23-11(2)18)9-21-24(6,7)16(3,4)5/h12-15,19H,8-9H2,1-7H3/t12-,13+,14+,15-/m0/s1. The van der Waals surface area contributed by atoms with E-state index in [1.807, 2.05) is 0 Å². The predicted molar refractivity (Wildman–Crippen MR) is 90.0 cm³/mol. The molecule has 1 rings (SSSR count). The summed E-state index contributed by atoms with van der Waals surface area (Å²) in [7, 11) is -2.02. The maximum Gasteiger partial charge on any atom is 0.303 e. The molecule has 0 spiro atoms. The highest BCUT2D eigenvalue weighted by Gasteiger charge is 2.46. The molecule has 24 heavy (non-hydrogen) atoms. The number of ether oxygens (including phenoxy) is 3. The van der Waals surface area contributed by atoms with Gasteiger partial charge < -0.3 is 23.7 Å². The van der Waals surface area contributed by atoms with Gasteiger partial charge in [-0.15, -0.1) is 0 Å². The number of hydrogen-bond donors (Lipinski definition) is 1. The normalized spacial score (nSPS) is 28.3. The second kappa shape index (κ2) is 7.94. The molecule has 0 aromatic carbocycles. The lowest BCUT2D eigenvalue weighted by molar-refractivity contribution is -0.222. The molecule has 1 aliphatic heterocycles. The summed E-state index contributed by atoms with van der Waals surface area (Å²) in [5, 5.41) is 10.1. The van der Waals surface area contributed by atoms with Crippen molar-refractivity contribution in [1.82, 2.24) is 0 Å². The summed E-state index contributed by atoms with van der Waals surface area (Å²) < 4.78 is 22.2. The first-order chi connectivity index (χ1) is 10.8. The highest BCUT2D eigenvalue weighted by Crippen LogP contribution is 2.37. The maximum atomic E-state index is 11.4. The van der Waals surface area contributed by atoms with E-state index in [0.29, 0.717) is 0 Å². The quantitative estimate of drug-likeness (QED) is 0.587. The zero-order valence-corrected chi connectivity index (χ0v) is 16.6. The van der Waals surface area contributed by atoms with Gasteiger partial charge >= 0.3 is 11.9 Å². The molecule has 1 aliphatic rings. The van der Waals surface area contributed by atoms with Gasteiger partial charge in [-0.2, -0.15) is 0 Å². The molecule has 0 amide bonds. The van der Waals surface area contributed by atoms with E-state index in [9.17, 15) is 14.7 Å². The van der Waals surface area contributed by atoms with E-state index in [1.165, 1.54) is 13.8 Å². The monoisotopic (exact) mass is 362 g/mol. The summed E-state index contributed by atoms with van der Waals surface area (Å²) in [6.45, 7) is 13.3. The van der Waals surface area contributed by atoms with E-state index in [2.05, 4.69) is 33.9 Å². The Kier molecular flexibility index (Phi) is 6.98. The minimum Gasteiger partial charge on any atom is -0.456 e. The Labute approximate surface area is 144 Å². The van der Waals surface area contributed by atoms with Gasteiger partial charge in [0.05, 0.1) is 13.2 Å². The Morgan fingerprint density at radius 1 is 1.12 bits per heavy atom. The molecule has 1 saturated heterocycles. The highest BCUT2D eigenvalue weighted by atomic mass is 28.4. The number of aliphatic hydroxyl groups excluding tert-OH is 1. The van der Waals surface area contributed by atoms with Crippen LogP contribution in [0.3, 0.4) is 0 Å². The second-order valence-corrected chi connectivity index (χ2v) is 12.5. The van der Waals surface area contributed by atoms with Crippen LogP contribution < -0.4 is 0 Å². The molecule has 7 nitrogen and oxygen atoms in total. The number of rotatable bonds is 5. The molecule has 140 valence electrons. The van der Waals surface area contributed by atoms with E-state index in [0.717, 1.165) is 0 Å². The summed E-state index contributed by atoms with van der Waals surface area (Å²) in [5.74, 6) is -1.09. The lowest BCUT2D eigenvalue weighted by Crippen LogP contribution is -2.58. The zero-order valence-electron chi connectivity index (χ0n) is 15.6. The van der Waals surface area contributed by atoms with Gasteiger partial charge in [-0.1, -0.05) is 20.8 Å². The Morgan fingerprint density at radius 2 is 1.62 bits per heavy atom. The first-order valence-electron chi connectivity index (χ1n) is 8.13. The molecule has 0 bridgehead atoms. The van der Waals surface area contributed by atoms with Crippen LogP contribution in [0.2, 0.25) is 18.1 Å². The molecule has 0 saturated carbocycles. The third kappa shape index (κ3) is 5.54. The van der Waals surface area contributed by atoms with Crippen molar-refractivity contribution in [2.45, 2.75) is 77.2 Å². The van der Waals surface area contributed by atoms with Crippen molar-refractivity contribution < 1.29 is 33.3 Å². The summed E-state index contributed by atoms with van der Waals surface area (Å²) in [6, 6.07) is 0. The number of esters is 2. The minimum atomic E-state index is -2.02. The molecule has 0 aliphatic carbocycles. The fourth-order valence-electron chi connectivity index (χ4n) is 2.16. The molecule has 0 aromatic rings. The van der Waals surface area contributed by atoms with Crippen molar-refractivity contribution in [2.24, 2.45) is 0 Å². The average molecular weight is 362 g/mol. The summed E-state index contributed by atoms with van der Waals surface area (Å²) in [5.41, 5.74) is 0. The van der Waals surface area contributed by atoms with Crippen LogP contribution in [0.15, 0.2) is 0 Å². The third-order valence-electron chi connectivity index (χ3n) is 4.57. The summed E-state index contributed by atoms with van der Waals surface area (Å²) in [4.78, 5) is 22.7. The topological polar surface area (TPSA) is 91.3 Å². The van der Waals surface area contributed by atoms with Crippen LogP contribution in [0.4, 0.5) is 0 Å². The molecule has 0 unspecified atom stereocenters. The predicted octanol–water partition coefficient (Wildman–Crippen LogP) is 1.63. The molecule has 0 aromatic heterocycles. The van der Waals surface area contributed by atoms with Crippen molar-refractivity contribution in [2.75, 3.05) is 13.2 Å². The van der Waals surface area contributed by atoms with Gasteiger partial charge in [-0.25, -0.2) is 0 Å². The van der Waals surface area contributed by atoms with Gasteiger partial charge in [0.15, 0.2) is 20.5 Å². The van der Waals surface area contributed by atoms with Gasteiger partial charge in [0, 0.05) is 13.8 Å². The van der Waals surface area contributed by atoms with Crippen molar-refractivity contribution in [3.8, 4) is 0 Å². The van der Waals surface area contributed by atoms with Crippen LogP contribution in [-0.2, 0) is 28.2 Å². The molecule has 1 fully saturated rings. The molecule has 1 N–H and O–H groups in total. The Balaban J connectivity index is 2.90. The largest absolute Gasteiger partial charge is 0.456 e. The number of aliphatic hydroxyl groups is 1. The van der Waals surface area contributed by atoms with Crippen LogP contribution >= 0.6 is 0 Å². The fraction of sp³-hybridized carbons (Fsp3) is 0.875. The van der Waals surface area contributed by atoms with Crippen LogP contribution in [0, 0.1) is 0 Å². The number of carbonyl (C=O) groups excluding carboxylic acids is 2. The SMILES string of the molecule is CC(=O)O[C@@H]1[C@H](OC(C)=O)[C@@H](O)CO[C@@H]1CO[Si](C)(C)C(C)(C)C. The average Bonchev–Trinajstić information content (AvgIpc) is 2.39. The van der Waals surface area contributed by atoms with Crippen LogP contribution in [0.1, 0.15) is 34.6 Å². The van der Waals surface area contributed by atoms with Gasteiger partial charge in [-0.3, -0.25) is 9.59 Å². The zero-order chi connectivity index (χ0) is 18.7. The van der Waals surface area contributed by atoms with Gasteiger partial charge in [-0.05, 0) is 18.1 Å². The van der Waals surface area contributed by atoms with Crippen molar-refractivity contribution in [3.63, 3.8) is 0 Å². The summed E-state index contributed by atoms with van der Waals surface area (Å²) in [6.07, 6.45) is -3.52. The van der Waals surface area contributed by atoms with Gasteiger partial charge in [0.1, 0.15) is 12.2 Å². The van der Waals surface area contributed by atoms with Crippen LogP contribution in [0.25, 0.3) is 0 Å². The molecule has 4 atom stereocenters. The first-order valence-corrected chi connectivity index (χ1v) is 11.0. The molecule has 0 radical (unpaired) electrons. The molecular formula is C16H30O7Si. The van der Waals surface area contributed by atoms with E-state index in [1.54, 1.807) is 0 Å². The van der Waals surface area contributed by atoms with E-state index >= 15 is 0 Å². The van der Waals surface area contributed by atoms with E-state index in [4.69, 9.17) is 18.6 Å². The van der Waals surface area contributed by atoms with Crippen molar-refractivity contribution in [3.05, 3.63) is 0 Å². The van der Waals surface area contributed by atoms with E-state index in [-0.39, 0.29) is 18.3 Å². The third-order valence-corrected chi connectivity index (χ3v) is 9.07.